The first-order valence-electron chi connectivity index (χ1n) is 13.1. The number of rotatable bonds is 8. The molecule has 2 aromatic heterocycles. The Morgan fingerprint density at radius 1 is 1.21 bits per heavy atom. The molecule has 0 spiro atoms. The third kappa shape index (κ3) is 6.07. The summed E-state index contributed by atoms with van der Waals surface area (Å²) in [5.74, 6) is -2.28. The highest BCUT2D eigenvalue weighted by molar-refractivity contribution is 7.17. The largest absolute Gasteiger partial charge is 0.476 e. The molecule has 0 bridgehead atoms. The number of amides is 3. The second-order valence-electron chi connectivity index (χ2n) is 11.4. The summed E-state index contributed by atoms with van der Waals surface area (Å²) < 4.78 is 20.4. The lowest BCUT2D eigenvalue weighted by Gasteiger charge is -2.26. The Bertz CT molecular complexity index is 1330. The van der Waals surface area contributed by atoms with E-state index in [0.29, 0.717) is 42.3 Å². The van der Waals surface area contributed by atoms with Crippen LogP contribution in [0.3, 0.4) is 0 Å². The number of halogens is 1. The van der Waals surface area contributed by atoms with Crippen LogP contribution in [0.2, 0.25) is 0 Å². The quantitative estimate of drug-likeness (QED) is 0.378. The molecule has 210 valence electrons. The predicted octanol–water partition coefficient (Wildman–Crippen LogP) is 4.16. The van der Waals surface area contributed by atoms with E-state index in [2.05, 4.69) is 20.9 Å². The number of carbonyl (C=O) groups excluding carboxylic acids is 3. The summed E-state index contributed by atoms with van der Waals surface area (Å²) in [5.41, 5.74) is 0.00441. The average molecular weight is 562 g/mol. The number of anilines is 2. The van der Waals surface area contributed by atoms with Gasteiger partial charge in [-0.3, -0.25) is 14.9 Å². The zero-order chi connectivity index (χ0) is 28.1. The molecule has 13 heteroatoms. The van der Waals surface area contributed by atoms with Crippen molar-refractivity contribution < 1.29 is 33.4 Å². The number of fused-ring (bicyclic) bond motifs is 1. The third-order valence-electron chi connectivity index (χ3n) is 7.01. The number of imidazole rings is 1. The monoisotopic (exact) mass is 561 g/mol. The van der Waals surface area contributed by atoms with E-state index in [1.165, 1.54) is 17.7 Å². The number of alkyl halides is 1. The highest BCUT2D eigenvalue weighted by atomic mass is 32.1. The number of aryl methyl sites for hydroxylation is 1. The van der Waals surface area contributed by atoms with Crippen LogP contribution in [0.25, 0.3) is 0 Å². The number of hydrogen-bond acceptors (Lipinski definition) is 7. The molecule has 4 N–H and O–H groups in total. The Hall–Kier alpha value is -3.48. The van der Waals surface area contributed by atoms with Gasteiger partial charge in [0.1, 0.15) is 16.8 Å². The summed E-state index contributed by atoms with van der Waals surface area (Å²) in [5, 5.41) is 18.4. The number of hydrogen-bond donors (Lipinski definition) is 4. The number of aromatic carboxylic acids is 1. The molecule has 3 aliphatic rings. The zero-order valence-electron chi connectivity index (χ0n) is 22.0. The van der Waals surface area contributed by atoms with Gasteiger partial charge >= 0.3 is 12.1 Å². The number of carboxylic acids is 1. The molecule has 3 amide bonds. The summed E-state index contributed by atoms with van der Waals surface area (Å²) in [7, 11) is 0. The van der Waals surface area contributed by atoms with E-state index in [1.54, 1.807) is 25.3 Å². The van der Waals surface area contributed by atoms with Crippen molar-refractivity contribution >= 4 is 46.0 Å². The average Bonchev–Trinajstić information content (AvgIpc) is 3.73. The van der Waals surface area contributed by atoms with Gasteiger partial charge < -0.3 is 25.0 Å². The second kappa shape index (κ2) is 10.2. The minimum absolute atomic E-state index is 0.00332. The first-order chi connectivity index (χ1) is 18.4. The van der Waals surface area contributed by atoms with Gasteiger partial charge in [-0.25, -0.2) is 19.0 Å². The highest BCUT2D eigenvalue weighted by Crippen LogP contribution is 2.43. The number of ether oxygens (including phenoxy) is 1. The topological polar surface area (TPSA) is 152 Å². The molecule has 2 aromatic rings. The van der Waals surface area contributed by atoms with E-state index >= 15 is 0 Å². The Morgan fingerprint density at radius 2 is 1.92 bits per heavy atom. The van der Waals surface area contributed by atoms with Gasteiger partial charge in [-0.2, -0.15) is 0 Å². The molecule has 0 aliphatic heterocycles. The molecule has 0 aromatic carbocycles. The van der Waals surface area contributed by atoms with Crippen LogP contribution in [0.5, 0.6) is 0 Å². The minimum atomic E-state index is -1.30. The van der Waals surface area contributed by atoms with E-state index in [1.807, 2.05) is 0 Å². The van der Waals surface area contributed by atoms with Crippen molar-refractivity contribution in [2.24, 2.45) is 11.8 Å². The van der Waals surface area contributed by atoms with E-state index in [9.17, 15) is 28.7 Å². The Labute approximate surface area is 228 Å². The van der Waals surface area contributed by atoms with Crippen LogP contribution in [-0.4, -0.2) is 56.9 Å². The Balaban J connectivity index is 1.44. The van der Waals surface area contributed by atoms with E-state index in [0.717, 1.165) is 23.3 Å². The van der Waals surface area contributed by atoms with Crippen LogP contribution in [0.15, 0.2) is 6.33 Å². The van der Waals surface area contributed by atoms with Crippen molar-refractivity contribution in [1.29, 1.82) is 0 Å². The smallest absolute Gasteiger partial charge is 0.413 e. The summed E-state index contributed by atoms with van der Waals surface area (Å²) in [4.78, 5) is 55.2. The number of carboxylic acid groups (broad SMARTS) is 1. The molecule has 2 fully saturated rings. The number of nitrogens with one attached hydrogen (secondary N) is 3. The summed E-state index contributed by atoms with van der Waals surface area (Å²) >= 11 is 1.32. The summed E-state index contributed by atoms with van der Waals surface area (Å²) in [6.45, 7) is 5.64. The molecule has 0 radical (unpaired) electrons. The molecular formula is C26H32FN5O6S. The Kier molecular flexibility index (Phi) is 7.12. The molecule has 3 atom stereocenters. The van der Waals surface area contributed by atoms with E-state index < -0.39 is 35.7 Å². The lowest BCUT2D eigenvalue weighted by atomic mass is 9.91. The van der Waals surface area contributed by atoms with Gasteiger partial charge in [0.2, 0.25) is 5.91 Å². The fraction of sp³-hybridized carbons (Fsp3) is 0.577. The zero-order valence-corrected chi connectivity index (χ0v) is 22.8. The SMILES string of the molecule is CC(C)(C)OC(=O)Nc1c(C(=O)O)ncn1[C@H]1CCc2sc(NC(=O)C3CC3F)c(C(=O)NCC3CC3)c2C1. The maximum atomic E-state index is 13.5. The van der Waals surface area contributed by atoms with E-state index in [4.69, 9.17) is 4.74 Å². The van der Waals surface area contributed by atoms with Gasteiger partial charge in [-0.05, 0) is 70.8 Å². The molecule has 39 heavy (non-hydrogen) atoms. The van der Waals surface area contributed by atoms with Crippen LogP contribution < -0.4 is 16.0 Å². The lowest BCUT2D eigenvalue weighted by Crippen LogP contribution is -2.30. The first-order valence-corrected chi connectivity index (χ1v) is 13.9. The van der Waals surface area contributed by atoms with Crippen LogP contribution >= 0.6 is 11.3 Å². The molecule has 0 saturated heterocycles. The highest BCUT2D eigenvalue weighted by Gasteiger charge is 2.44. The van der Waals surface area contributed by atoms with Gasteiger partial charge in [-0.15, -0.1) is 11.3 Å². The predicted molar refractivity (Wildman–Crippen MR) is 141 cm³/mol. The molecular weight excluding hydrogens is 529 g/mol. The van der Waals surface area contributed by atoms with Crippen molar-refractivity contribution in [3.8, 4) is 0 Å². The van der Waals surface area contributed by atoms with Crippen molar-refractivity contribution in [2.45, 2.75) is 77.1 Å². The van der Waals surface area contributed by atoms with Crippen molar-refractivity contribution in [3.05, 3.63) is 28.0 Å². The second-order valence-corrected chi connectivity index (χ2v) is 12.5. The van der Waals surface area contributed by atoms with Crippen LogP contribution in [0, 0.1) is 11.8 Å². The fourth-order valence-corrected chi connectivity index (χ4v) is 5.98. The maximum Gasteiger partial charge on any atom is 0.413 e. The fourth-order valence-electron chi connectivity index (χ4n) is 4.74. The van der Waals surface area contributed by atoms with E-state index in [-0.39, 0.29) is 29.9 Å². The van der Waals surface area contributed by atoms with Gasteiger partial charge in [0.05, 0.1) is 17.8 Å². The molecule has 2 unspecified atom stereocenters. The van der Waals surface area contributed by atoms with Crippen LogP contribution in [0.4, 0.5) is 20.0 Å². The van der Waals surface area contributed by atoms with Gasteiger partial charge in [-0.1, -0.05) is 0 Å². The normalized spacial score (nSPS) is 22.0. The number of carbonyl (C=O) groups is 4. The lowest BCUT2D eigenvalue weighted by molar-refractivity contribution is -0.117. The van der Waals surface area contributed by atoms with Crippen molar-refractivity contribution in [2.75, 3.05) is 17.2 Å². The van der Waals surface area contributed by atoms with Gasteiger partial charge in [0.15, 0.2) is 11.5 Å². The van der Waals surface area contributed by atoms with Gasteiger partial charge in [0.25, 0.3) is 5.91 Å². The van der Waals surface area contributed by atoms with Crippen LogP contribution in [0.1, 0.15) is 83.8 Å². The van der Waals surface area contributed by atoms with Crippen molar-refractivity contribution in [3.63, 3.8) is 0 Å². The first kappa shape index (κ1) is 27.1. The summed E-state index contributed by atoms with van der Waals surface area (Å²) in [6.07, 6.45) is 3.20. The third-order valence-corrected chi connectivity index (χ3v) is 8.21. The minimum Gasteiger partial charge on any atom is -0.476 e. The molecule has 3 aliphatic carbocycles. The molecule has 2 heterocycles. The number of thiophene rings is 1. The molecule has 11 nitrogen and oxygen atoms in total. The molecule has 2 saturated carbocycles. The van der Waals surface area contributed by atoms with Crippen molar-refractivity contribution in [1.82, 2.24) is 14.9 Å². The number of aromatic nitrogens is 2. The number of nitrogens with zero attached hydrogens (tertiary/aromatic N) is 2. The van der Waals surface area contributed by atoms with Gasteiger partial charge in [0, 0.05) is 17.5 Å². The Morgan fingerprint density at radius 3 is 2.54 bits per heavy atom. The molecule has 5 rings (SSSR count). The van der Waals surface area contributed by atoms with Crippen LogP contribution in [-0.2, 0) is 22.4 Å². The standard InChI is InChI=1S/C26H32FN5O6S/c1-26(2,3)38-25(37)30-20-19(24(35)36)29-11-32(20)13-6-7-17-15(8-13)18(22(34)28-10-12-4-5-12)23(39-17)31-21(33)14-9-16(14)27/h11-14,16H,4-10H2,1-3H3,(H,28,34)(H,30,37)(H,31,33)(H,35,36)/t13-,14?,16?/m0/s1. The maximum absolute atomic E-state index is 13.5. The summed E-state index contributed by atoms with van der Waals surface area (Å²) in [6, 6.07) is -0.324.